The van der Waals surface area contributed by atoms with Crippen molar-refractivity contribution in [1.29, 1.82) is 0 Å². The molecule has 1 unspecified atom stereocenters. The van der Waals surface area contributed by atoms with E-state index in [0.717, 1.165) is 18.5 Å². The second-order valence-electron chi connectivity index (χ2n) is 6.47. The first-order chi connectivity index (χ1) is 11.5. The first-order valence-electron chi connectivity index (χ1n) is 8.86. The van der Waals surface area contributed by atoms with Crippen molar-refractivity contribution < 1.29 is 4.79 Å². The summed E-state index contributed by atoms with van der Waals surface area (Å²) < 4.78 is 0. The molecule has 1 atom stereocenters. The Kier molecular flexibility index (Phi) is 9.58. The van der Waals surface area contributed by atoms with E-state index in [-0.39, 0.29) is 12.5 Å². The van der Waals surface area contributed by atoms with Crippen LogP contribution in [0.25, 0.3) is 0 Å². The first kappa shape index (κ1) is 20.0. The summed E-state index contributed by atoms with van der Waals surface area (Å²) in [6, 6.07) is 10.2. The van der Waals surface area contributed by atoms with E-state index in [1.165, 1.54) is 6.42 Å². The lowest BCUT2D eigenvalue weighted by atomic mass is 10.0. The normalized spacial score (nSPS) is 12.8. The van der Waals surface area contributed by atoms with Gasteiger partial charge < -0.3 is 16.0 Å². The van der Waals surface area contributed by atoms with Gasteiger partial charge in [-0.15, -0.1) is 0 Å². The average molecular weight is 332 g/mol. The number of hydrogen-bond acceptors (Lipinski definition) is 2. The van der Waals surface area contributed by atoms with E-state index in [0.29, 0.717) is 24.5 Å². The number of rotatable bonds is 9. The number of carbonyl (C=O) groups excluding carboxylic acids is 1. The SMILES string of the molecule is CCNC(=NCC(=O)NCc1ccccc1)NC(C)CCC(C)C. The molecule has 0 radical (unpaired) electrons. The minimum atomic E-state index is -0.0779. The smallest absolute Gasteiger partial charge is 0.242 e. The van der Waals surface area contributed by atoms with Gasteiger partial charge >= 0.3 is 0 Å². The standard InChI is InChI=1S/C19H32N4O/c1-5-20-19(23-16(4)12-11-15(2)3)22-14-18(24)21-13-17-9-7-6-8-10-17/h6-10,15-16H,5,11-14H2,1-4H3,(H,21,24)(H2,20,22,23). The van der Waals surface area contributed by atoms with Crippen molar-refractivity contribution in [1.82, 2.24) is 16.0 Å². The molecule has 5 heteroatoms. The van der Waals surface area contributed by atoms with Gasteiger partial charge in [-0.1, -0.05) is 44.2 Å². The van der Waals surface area contributed by atoms with Crippen LogP contribution < -0.4 is 16.0 Å². The molecule has 5 nitrogen and oxygen atoms in total. The second-order valence-corrected chi connectivity index (χ2v) is 6.47. The van der Waals surface area contributed by atoms with E-state index in [2.05, 4.69) is 41.7 Å². The van der Waals surface area contributed by atoms with Gasteiger partial charge in [0.25, 0.3) is 0 Å². The largest absolute Gasteiger partial charge is 0.357 e. The molecule has 134 valence electrons. The van der Waals surface area contributed by atoms with E-state index in [4.69, 9.17) is 0 Å². The molecule has 24 heavy (non-hydrogen) atoms. The lowest BCUT2D eigenvalue weighted by molar-refractivity contribution is -0.119. The van der Waals surface area contributed by atoms with Gasteiger partial charge in [-0.2, -0.15) is 0 Å². The molecule has 0 fully saturated rings. The van der Waals surface area contributed by atoms with E-state index in [1.54, 1.807) is 0 Å². The summed E-state index contributed by atoms with van der Waals surface area (Å²) >= 11 is 0. The van der Waals surface area contributed by atoms with Gasteiger partial charge in [0.05, 0.1) is 0 Å². The maximum atomic E-state index is 12.0. The number of hydrogen-bond donors (Lipinski definition) is 3. The van der Waals surface area contributed by atoms with E-state index in [9.17, 15) is 4.79 Å². The fraction of sp³-hybridized carbons (Fsp3) is 0.579. The molecule has 0 aliphatic heterocycles. The molecule has 1 rings (SSSR count). The molecule has 0 spiro atoms. The number of guanidine groups is 1. The molecule has 0 saturated heterocycles. The predicted octanol–water partition coefficient (Wildman–Crippen LogP) is 2.68. The van der Waals surface area contributed by atoms with Crippen LogP contribution in [0.4, 0.5) is 0 Å². The lowest BCUT2D eigenvalue weighted by Gasteiger charge is -2.18. The van der Waals surface area contributed by atoms with Gasteiger partial charge in [0.15, 0.2) is 5.96 Å². The zero-order valence-corrected chi connectivity index (χ0v) is 15.4. The highest BCUT2D eigenvalue weighted by Crippen LogP contribution is 2.06. The van der Waals surface area contributed by atoms with Crippen LogP contribution in [0, 0.1) is 5.92 Å². The van der Waals surface area contributed by atoms with Gasteiger partial charge in [-0.05, 0) is 38.2 Å². The molecular formula is C19H32N4O. The minimum Gasteiger partial charge on any atom is -0.357 e. The molecule has 0 aliphatic rings. The Bertz CT molecular complexity index is 499. The van der Waals surface area contributed by atoms with Gasteiger partial charge in [-0.25, -0.2) is 4.99 Å². The number of nitrogens with zero attached hydrogens (tertiary/aromatic N) is 1. The zero-order chi connectivity index (χ0) is 17.8. The molecule has 0 bridgehead atoms. The number of nitrogens with one attached hydrogen (secondary N) is 3. The maximum Gasteiger partial charge on any atom is 0.242 e. The quantitative estimate of drug-likeness (QED) is 0.481. The fourth-order valence-electron chi connectivity index (χ4n) is 2.21. The van der Waals surface area contributed by atoms with Crippen molar-refractivity contribution in [3.63, 3.8) is 0 Å². The van der Waals surface area contributed by atoms with Crippen LogP contribution in [0.1, 0.15) is 46.1 Å². The summed E-state index contributed by atoms with van der Waals surface area (Å²) in [5.41, 5.74) is 1.09. The highest BCUT2D eigenvalue weighted by molar-refractivity contribution is 5.85. The molecule has 1 amide bonds. The Hall–Kier alpha value is -2.04. The summed E-state index contributed by atoms with van der Waals surface area (Å²) in [6.07, 6.45) is 2.26. The number of carbonyl (C=O) groups is 1. The highest BCUT2D eigenvalue weighted by Gasteiger charge is 2.07. The van der Waals surface area contributed by atoms with Crippen LogP contribution in [0.2, 0.25) is 0 Å². The van der Waals surface area contributed by atoms with Crippen LogP contribution in [0.5, 0.6) is 0 Å². The lowest BCUT2D eigenvalue weighted by Crippen LogP contribution is -2.43. The van der Waals surface area contributed by atoms with Crippen molar-refractivity contribution in [2.75, 3.05) is 13.1 Å². The summed E-state index contributed by atoms with van der Waals surface area (Å²) in [5.74, 6) is 1.31. The van der Waals surface area contributed by atoms with Crippen molar-refractivity contribution in [3.8, 4) is 0 Å². The summed E-state index contributed by atoms with van der Waals surface area (Å²) in [5, 5.41) is 9.44. The molecular weight excluding hydrogens is 300 g/mol. The van der Waals surface area contributed by atoms with Gasteiger partial charge in [0.1, 0.15) is 6.54 Å². The van der Waals surface area contributed by atoms with Crippen molar-refractivity contribution in [2.24, 2.45) is 10.9 Å². The van der Waals surface area contributed by atoms with Crippen LogP contribution in [0.3, 0.4) is 0 Å². The number of aliphatic imine (C=N–C) groups is 1. The third-order valence-corrected chi connectivity index (χ3v) is 3.62. The third kappa shape index (κ3) is 9.18. The predicted molar refractivity (Wildman–Crippen MR) is 101 cm³/mol. The molecule has 0 aliphatic carbocycles. The number of benzene rings is 1. The van der Waals surface area contributed by atoms with Gasteiger partial charge in [0.2, 0.25) is 5.91 Å². The van der Waals surface area contributed by atoms with Crippen LogP contribution >= 0.6 is 0 Å². The van der Waals surface area contributed by atoms with Crippen molar-refractivity contribution >= 4 is 11.9 Å². The van der Waals surface area contributed by atoms with E-state index >= 15 is 0 Å². The van der Waals surface area contributed by atoms with E-state index in [1.807, 2.05) is 37.3 Å². The summed E-state index contributed by atoms with van der Waals surface area (Å²) in [6.45, 7) is 10.0. The summed E-state index contributed by atoms with van der Waals surface area (Å²) in [7, 11) is 0. The molecule has 0 saturated carbocycles. The summed E-state index contributed by atoms with van der Waals surface area (Å²) in [4.78, 5) is 16.3. The van der Waals surface area contributed by atoms with Crippen LogP contribution in [-0.4, -0.2) is 31.0 Å². The minimum absolute atomic E-state index is 0.0779. The van der Waals surface area contributed by atoms with Crippen LogP contribution in [0.15, 0.2) is 35.3 Å². The molecule has 3 N–H and O–H groups in total. The molecule has 1 aromatic rings. The molecule has 0 aromatic heterocycles. The highest BCUT2D eigenvalue weighted by atomic mass is 16.1. The Morgan fingerprint density at radius 3 is 2.42 bits per heavy atom. The maximum absolute atomic E-state index is 12.0. The van der Waals surface area contributed by atoms with Crippen molar-refractivity contribution in [3.05, 3.63) is 35.9 Å². The monoisotopic (exact) mass is 332 g/mol. The van der Waals surface area contributed by atoms with Crippen molar-refractivity contribution in [2.45, 2.75) is 53.1 Å². The Morgan fingerprint density at radius 2 is 1.79 bits per heavy atom. The van der Waals surface area contributed by atoms with E-state index < -0.39 is 0 Å². The average Bonchev–Trinajstić information content (AvgIpc) is 2.57. The first-order valence-corrected chi connectivity index (χ1v) is 8.86. The molecule has 1 aromatic carbocycles. The third-order valence-electron chi connectivity index (χ3n) is 3.62. The Labute approximate surface area is 146 Å². The molecule has 0 heterocycles. The van der Waals surface area contributed by atoms with Gasteiger partial charge in [-0.3, -0.25) is 4.79 Å². The fourth-order valence-corrected chi connectivity index (χ4v) is 2.21. The second kappa shape index (κ2) is 11.5. The van der Waals surface area contributed by atoms with Crippen LogP contribution in [-0.2, 0) is 11.3 Å². The Morgan fingerprint density at radius 1 is 1.08 bits per heavy atom. The Balaban J connectivity index is 2.41. The zero-order valence-electron chi connectivity index (χ0n) is 15.4. The number of amides is 1. The topological polar surface area (TPSA) is 65.5 Å². The van der Waals surface area contributed by atoms with Gasteiger partial charge in [0, 0.05) is 19.1 Å².